The monoisotopic (exact) mass is 460 g/mol. The third-order valence-electron chi connectivity index (χ3n) is 4.55. The number of aliphatic hydroxyl groups is 5. The Balaban J connectivity index is 4.07. The third-order valence-corrected chi connectivity index (χ3v) is 5.04. The molecule has 0 aromatic heterocycles. The quantitative estimate of drug-likeness (QED) is 0.0825. The zero-order valence-electron chi connectivity index (χ0n) is 17.4. The van der Waals surface area contributed by atoms with E-state index in [9.17, 15) is 34.9 Å². The van der Waals surface area contributed by atoms with Gasteiger partial charge in [-0.1, -0.05) is 58.3 Å². The molecule has 0 heterocycles. The maximum absolute atomic E-state index is 11.7. The summed E-state index contributed by atoms with van der Waals surface area (Å²) in [5.74, 6) is -0.982. The Labute approximate surface area is 176 Å². The molecule has 0 rings (SSSR count). The molecule has 0 spiro atoms. The molecule has 0 saturated carbocycles. The van der Waals surface area contributed by atoms with Crippen LogP contribution in [0.15, 0.2) is 0 Å². The molecule has 5 unspecified atom stereocenters. The molecule has 0 aliphatic rings. The van der Waals surface area contributed by atoms with Crippen molar-refractivity contribution in [3.63, 3.8) is 0 Å². The van der Waals surface area contributed by atoms with E-state index in [0.29, 0.717) is 6.42 Å². The first-order valence-corrected chi connectivity index (χ1v) is 11.8. The Bertz CT molecular complexity index is 499. The molecule has 0 amide bonds. The number of phosphoric ester groups is 1. The summed E-state index contributed by atoms with van der Waals surface area (Å²) in [4.78, 5) is 28.8. The van der Waals surface area contributed by atoms with Crippen molar-refractivity contribution in [2.45, 2.75) is 95.2 Å². The average Bonchev–Trinajstić information content (AvgIpc) is 2.69. The molecule has 180 valence electrons. The van der Waals surface area contributed by atoms with Gasteiger partial charge in [0.2, 0.25) is 0 Å². The first-order chi connectivity index (χ1) is 14.0. The van der Waals surface area contributed by atoms with Crippen LogP contribution in [0.3, 0.4) is 0 Å². The summed E-state index contributed by atoms with van der Waals surface area (Å²) in [6, 6.07) is 0. The molecule has 12 heteroatoms. The lowest BCUT2D eigenvalue weighted by Crippen LogP contribution is -2.48. The van der Waals surface area contributed by atoms with Gasteiger partial charge in [-0.25, -0.2) is 9.36 Å². The van der Waals surface area contributed by atoms with Crippen LogP contribution in [0.2, 0.25) is 0 Å². The van der Waals surface area contributed by atoms with Crippen LogP contribution >= 0.6 is 7.82 Å². The maximum atomic E-state index is 11.7. The van der Waals surface area contributed by atoms with E-state index in [4.69, 9.17) is 14.5 Å². The van der Waals surface area contributed by atoms with Gasteiger partial charge in [-0.15, -0.1) is 0 Å². The lowest BCUT2D eigenvalue weighted by atomic mass is 10.0. The highest BCUT2D eigenvalue weighted by atomic mass is 31.2. The van der Waals surface area contributed by atoms with Gasteiger partial charge < -0.3 is 40.1 Å². The van der Waals surface area contributed by atoms with Crippen molar-refractivity contribution in [2.24, 2.45) is 0 Å². The molecule has 7 N–H and O–H groups in total. The standard InChI is InChI=1S/C18H37O11P/c1-2-3-4-5-6-7-8-9-10-13(19)18(24)28-11-14(20)16(22)17(23)15(21)12-29-30(25,26)27/h13-17,19-23H,2-12H2,1H3,(H2,25,26,27). The number of rotatable bonds is 18. The van der Waals surface area contributed by atoms with Crippen molar-refractivity contribution < 1.29 is 53.9 Å². The maximum Gasteiger partial charge on any atom is 0.469 e. The van der Waals surface area contributed by atoms with E-state index in [1.54, 1.807) is 0 Å². The third kappa shape index (κ3) is 14.4. The van der Waals surface area contributed by atoms with E-state index in [-0.39, 0.29) is 6.42 Å². The fourth-order valence-corrected chi connectivity index (χ4v) is 3.03. The Kier molecular flexibility index (Phi) is 15.7. The molecule has 11 nitrogen and oxygen atoms in total. The lowest BCUT2D eigenvalue weighted by molar-refractivity contribution is -0.164. The highest BCUT2D eigenvalue weighted by Gasteiger charge is 2.33. The summed E-state index contributed by atoms with van der Waals surface area (Å²) in [5.41, 5.74) is 0. The second-order valence-corrected chi connectivity index (χ2v) is 8.55. The van der Waals surface area contributed by atoms with Crippen molar-refractivity contribution in [3.05, 3.63) is 0 Å². The number of ether oxygens (including phenoxy) is 1. The van der Waals surface area contributed by atoms with E-state index in [0.717, 1.165) is 19.3 Å². The molecule has 0 aromatic carbocycles. The van der Waals surface area contributed by atoms with Gasteiger partial charge in [-0.05, 0) is 6.42 Å². The van der Waals surface area contributed by atoms with Gasteiger partial charge in [0.25, 0.3) is 0 Å². The minimum absolute atomic E-state index is 0.202. The van der Waals surface area contributed by atoms with Crippen LogP contribution in [0.4, 0.5) is 0 Å². The SMILES string of the molecule is CCCCCCCCCCC(O)C(=O)OCC(O)C(O)C(O)C(O)COP(=O)(O)O. The van der Waals surface area contributed by atoms with Gasteiger partial charge in [-0.3, -0.25) is 4.52 Å². The smallest absolute Gasteiger partial charge is 0.461 e. The van der Waals surface area contributed by atoms with Crippen molar-refractivity contribution in [1.82, 2.24) is 0 Å². The second kappa shape index (κ2) is 16.1. The van der Waals surface area contributed by atoms with Crippen LogP contribution in [0.5, 0.6) is 0 Å². The van der Waals surface area contributed by atoms with Crippen molar-refractivity contribution in [1.29, 1.82) is 0 Å². The molecular weight excluding hydrogens is 423 g/mol. The molecule has 0 fully saturated rings. The van der Waals surface area contributed by atoms with Gasteiger partial charge in [-0.2, -0.15) is 0 Å². The number of carbonyl (C=O) groups excluding carboxylic acids is 1. The van der Waals surface area contributed by atoms with Crippen LogP contribution < -0.4 is 0 Å². The largest absolute Gasteiger partial charge is 0.469 e. The molecule has 0 aliphatic carbocycles. The number of aliphatic hydroxyl groups excluding tert-OH is 5. The Morgan fingerprint density at radius 2 is 1.27 bits per heavy atom. The molecule has 5 atom stereocenters. The minimum atomic E-state index is -4.88. The first-order valence-electron chi connectivity index (χ1n) is 10.3. The van der Waals surface area contributed by atoms with E-state index in [1.807, 2.05) is 0 Å². The van der Waals surface area contributed by atoms with Crippen LogP contribution in [0.1, 0.15) is 64.7 Å². The van der Waals surface area contributed by atoms with Crippen molar-refractivity contribution >= 4 is 13.8 Å². The summed E-state index contributed by atoms with van der Waals surface area (Å²) in [6.45, 7) is 0.403. The topological polar surface area (TPSA) is 194 Å². The van der Waals surface area contributed by atoms with Gasteiger partial charge in [0.15, 0.2) is 6.10 Å². The summed E-state index contributed by atoms with van der Waals surface area (Å²) >= 11 is 0. The van der Waals surface area contributed by atoms with Crippen LogP contribution in [-0.4, -0.2) is 85.0 Å². The average molecular weight is 460 g/mol. The summed E-state index contributed by atoms with van der Waals surface area (Å²) in [5, 5.41) is 48.5. The van der Waals surface area contributed by atoms with Gasteiger partial charge in [0, 0.05) is 0 Å². The Hall–Kier alpha value is -0.620. The van der Waals surface area contributed by atoms with E-state index >= 15 is 0 Å². The second-order valence-electron chi connectivity index (χ2n) is 7.31. The van der Waals surface area contributed by atoms with Crippen LogP contribution in [0, 0.1) is 0 Å². The molecule has 0 radical (unpaired) electrons. The zero-order chi connectivity index (χ0) is 23.2. The van der Waals surface area contributed by atoms with E-state index < -0.39 is 57.5 Å². The van der Waals surface area contributed by atoms with Gasteiger partial charge >= 0.3 is 13.8 Å². The number of hydrogen-bond donors (Lipinski definition) is 7. The molecule has 0 aromatic rings. The molecule has 0 aliphatic heterocycles. The molecule has 0 saturated heterocycles. The molecule has 0 bridgehead atoms. The summed E-state index contributed by atoms with van der Waals surface area (Å²) in [7, 11) is -4.88. The molecule has 30 heavy (non-hydrogen) atoms. The summed E-state index contributed by atoms with van der Waals surface area (Å²) in [6.07, 6.45) is -0.465. The first kappa shape index (κ1) is 29.4. The normalized spacial score (nSPS) is 17.2. The predicted molar refractivity (Wildman–Crippen MR) is 106 cm³/mol. The Morgan fingerprint density at radius 1 is 0.800 bits per heavy atom. The number of phosphoric acid groups is 1. The minimum Gasteiger partial charge on any atom is -0.461 e. The van der Waals surface area contributed by atoms with Crippen molar-refractivity contribution in [2.75, 3.05) is 13.2 Å². The highest BCUT2D eigenvalue weighted by molar-refractivity contribution is 7.46. The highest BCUT2D eigenvalue weighted by Crippen LogP contribution is 2.35. The number of hydrogen-bond acceptors (Lipinski definition) is 9. The van der Waals surface area contributed by atoms with E-state index in [2.05, 4.69) is 11.4 Å². The number of unbranched alkanes of at least 4 members (excludes halogenated alkanes) is 7. The van der Waals surface area contributed by atoms with Gasteiger partial charge in [0.1, 0.15) is 31.0 Å². The molecular formula is C18H37O11P. The van der Waals surface area contributed by atoms with Gasteiger partial charge in [0.05, 0.1) is 6.61 Å². The van der Waals surface area contributed by atoms with Crippen LogP contribution in [0.25, 0.3) is 0 Å². The number of carbonyl (C=O) groups is 1. The van der Waals surface area contributed by atoms with E-state index in [1.165, 1.54) is 25.7 Å². The van der Waals surface area contributed by atoms with Crippen LogP contribution in [-0.2, 0) is 18.6 Å². The fourth-order valence-electron chi connectivity index (χ4n) is 2.68. The van der Waals surface area contributed by atoms with Crippen molar-refractivity contribution in [3.8, 4) is 0 Å². The Morgan fingerprint density at radius 3 is 1.77 bits per heavy atom. The summed E-state index contributed by atoms with van der Waals surface area (Å²) < 4.78 is 19.3. The fraction of sp³-hybridized carbons (Fsp3) is 0.944. The zero-order valence-corrected chi connectivity index (χ0v) is 18.3. The predicted octanol–water partition coefficient (Wildman–Crippen LogP) is -0.0258. The number of esters is 1. The lowest BCUT2D eigenvalue weighted by Gasteiger charge is -2.26.